The van der Waals surface area contributed by atoms with Crippen molar-refractivity contribution in [2.75, 3.05) is 5.73 Å². The van der Waals surface area contributed by atoms with E-state index in [1.54, 1.807) is 11.3 Å². The molecule has 5 heteroatoms. The van der Waals surface area contributed by atoms with Crippen LogP contribution in [0.15, 0.2) is 18.2 Å². The summed E-state index contributed by atoms with van der Waals surface area (Å²) in [6.45, 7) is 0. The molecule has 1 aromatic carbocycles. The molecule has 1 atom stereocenters. The van der Waals surface area contributed by atoms with Crippen LogP contribution in [0.5, 0.6) is 0 Å². The Labute approximate surface area is 120 Å². The molecule has 1 unspecified atom stereocenters. The molecular formula is C13H12Cl2N2S. The Balaban J connectivity index is 2.11. The molecule has 1 heterocycles. The molecule has 94 valence electrons. The van der Waals surface area contributed by atoms with Gasteiger partial charge in [0.1, 0.15) is 0 Å². The first-order valence-corrected chi connectivity index (χ1v) is 7.43. The lowest BCUT2D eigenvalue weighted by Gasteiger charge is -2.22. The van der Waals surface area contributed by atoms with Crippen molar-refractivity contribution in [2.24, 2.45) is 0 Å². The molecule has 0 amide bonds. The van der Waals surface area contributed by atoms with Gasteiger partial charge in [0.15, 0.2) is 5.13 Å². The number of hydrogen-bond donors (Lipinski definition) is 1. The van der Waals surface area contributed by atoms with Gasteiger partial charge in [0.2, 0.25) is 0 Å². The maximum absolute atomic E-state index is 6.32. The van der Waals surface area contributed by atoms with Crippen molar-refractivity contribution in [3.8, 4) is 0 Å². The van der Waals surface area contributed by atoms with Crippen LogP contribution in [0.1, 0.15) is 34.9 Å². The predicted octanol–water partition coefficient (Wildman–Crippen LogP) is 4.50. The van der Waals surface area contributed by atoms with Crippen LogP contribution in [0.4, 0.5) is 5.13 Å². The summed E-state index contributed by atoms with van der Waals surface area (Å²) in [6, 6.07) is 5.81. The number of nitrogens with two attached hydrogens (primary N) is 1. The standard InChI is InChI=1S/C13H12Cl2N2S/c14-9-5-1-3-7(11(9)15)8-4-2-6-10-12(8)18-13(16)17-10/h1,3,5,8H,2,4,6H2,(H2,16,17). The van der Waals surface area contributed by atoms with Gasteiger partial charge in [-0.25, -0.2) is 4.98 Å². The topological polar surface area (TPSA) is 38.9 Å². The number of hydrogen-bond acceptors (Lipinski definition) is 3. The van der Waals surface area contributed by atoms with Gasteiger partial charge in [0.05, 0.1) is 15.7 Å². The highest BCUT2D eigenvalue weighted by Crippen LogP contribution is 2.44. The minimum absolute atomic E-state index is 0.287. The number of nitrogen functional groups attached to an aromatic ring is 1. The lowest BCUT2D eigenvalue weighted by Crippen LogP contribution is -2.09. The summed E-state index contributed by atoms with van der Waals surface area (Å²) in [4.78, 5) is 5.65. The first kappa shape index (κ1) is 12.3. The summed E-state index contributed by atoms with van der Waals surface area (Å²) in [5.41, 5.74) is 8.04. The molecular weight excluding hydrogens is 287 g/mol. The second kappa shape index (κ2) is 4.72. The van der Waals surface area contributed by atoms with Gasteiger partial charge < -0.3 is 5.73 Å². The van der Waals surface area contributed by atoms with Crippen LogP contribution in [0, 0.1) is 0 Å². The second-order valence-corrected chi connectivity index (χ2v) is 6.30. The van der Waals surface area contributed by atoms with Gasteiger partial charge in [-0.1, -0.05) is 35.3 Å². The summed E-state index contributed by atoms with van der Waals surface area (Å²) in [7, 11) is 0. The normalized spacial score (nSPS) is 18.7. The fraction of sp³-hybridized carbons (Fsp3) is 0.308. The molecule has 0 spiro atoms. The van der Waals surface area contributed by atoms with Crippen molar-refractivity contribution in [3.05, 3.63) is 44.4 Å². The summed E-state index contributed by atoms with van der Waals surface area (Å²) < 4.78 is 0. The van der Waals surface area contributed by atoms with E-state index in [1.165, 1.54) is 4.88 Å². The molecule has 0 aliphatic heterocycles. The average molecular weight is 299 g/mol. The Hall–Kier alpha value is -0.770. The predicted molar refractivity (Wildman–Crippen MR) is 77.8 cm³/mol. The summed E-state index contributed by atoms with van der Waals surface area (Å²) in [6.07, 6.45) is 3.20. The van der Waals surface area contributed by atoms with Gasteiger partial charge >= 0.3 is 0 Å². The van der Waals surface area contributed by atoms with Gasteiger partial charge in [-0.05, 0) is 30.9 Å². The van der Waals surface area contributed by atoms with Crippen LogP contribution < -0.4 is 5.73 Å². The second-order valence-electron chi connectivity index (χ2n) is 4.45. The Morgan fingerprint density at radius 3 is 3.00 bits per heavy atom. The summed E-state index contributed by atoms with van der Waals surface area (Å²) in [5.74, 6) is 0.287. The largest absolute Gasteiger partial charge is 0.375 e. The molecule has 2 aromatic rings. The Bertz CT molecular complexity index is 595. The van der Waals surface area contributed by atoms with E-state index in [1.807, 2.05) is 18.2 Å². The molecule has 2 N–H and O–H groups in total. The number of thiazole rings is 1. The molecule has 1 aliphatic carbocycles. The molecule has 0 saturated heterocycles. The third-order valence-electron chi connectivity index (χ3n) is 3.32. The number of aryl methyl sites for hydroxylation is 1. The van der Waals surface area contributed by atoms with Gasteiger partial charge in [-0.3, -0.25) is 0 Å². The van der Waals surface area contributed by atoms with E-state index in [-0.39, 0.29) is 5.92 Å². The third kappa shape index (κ3) is 2.00. The number of nitrogens with zero attached hydrogens (tertiary/aromatic N) is 1. The molecule has 3 rings (SSSR count). The van der Waals surface area contributed by atoms with Crippen molar-refractivity contribution in [1.29, 1.82) is 0 Å². The van der Waals surface area contributed by atoms with Crippen molar-refractivity contribution >= 4 is 39.7 Å². The monoisotopic (exact) mass is 298 g/mol. The lowest BCUT2D eigenvalue weighted by molar-refractivity contribution is 0.617. The molecule has 1 aromatic heterocycles. The molecule has 18 heavy (non-hydrogen) atoms. The van der Waals surface area contributed by atoms with E-state index >= 15 is 0 Å². The highest BCUT2D eigenvalue weighted by atomic mass is 35.5. The fourth-order valence-corrected chi connectivity index (χ4v) is 4.00. The van der Waals surface area contributed by atoms with E-state index in [9.17, 15) is 0 Å². The Kier molecular flexibility index (Phi) is 3.22. The van der Waals surface area contributed by atoms with Gasteiger partial charge in [0, 0.05) is 10.8 Å². The molecule has 0 fully saturated rings. The van der Waals surface area contributed by atoms with Gasteiger partial charge in [0.25, 0.3) is 0 Å². The van der Waals surface area contributed by atoms with E-state index in [0.29, 0.717) is 15.2 Å². The first-order chi connectivity index (χ1) is 8.66. The van der Waals surface area contributed by atoms with Gasteiger partial charge in [-0.15, -0.1) is 11.3 Å². The summed E-state index contributed by atoms with van der Waals surface area (Å²) >= 11 is 14.0. The van der Waals surface area contributed by atoms with E-state index in [4.69, 9.17) is 28.9 Å². The van der Waals surface area contributed by atoms with Crippen molar-refractivity contribution < 1.29 is 0 Å². The zero-order valence-electron chi connectivity index (χ0n) is 9.62. The van der Waals surface area contributed by atoms with Crippen LogP contribution >= 0.6 is 34.5 Å². The first-order valence-electron chi connectivity index (χ1n) is 5.86. The number of benzene rings is 1. The van der Waals surface area contributed by atoms with Crippen LogP contribution in [0.25, 0.3) is 0 Å². The third-order valence-corrected chi connectivity index (χ3v) is 5.20. The lowest BCUT2D eigenvalue weighted by atomic mass is 9.86. The zero-order chi connectivity index (χ0) is 12.7. The molecule has 2 nitrogen and oxygen atoms in total. The number of rotatable bonds is 1. The highest BCUT2D eigenvalue weighted by molar-refractivity contribution is 7.15. The van der Waals surface area contributed by atoms with Crippen molar-refractivity contribution in [2.45, 2.75) is 25.2 Å². The quantitative estimate of drug-likeness (QED) is 0.842. The van der Waals surface area contributed by atoms with Crippen molar-refractivity contribution in [1.82, 2.24) is 4.98 Å². The SMILES string of the molecule is Nc1nc2c(s1)C(c1cccc(Cl)c1Cl)CCC2. The Morgan fingerprint density at radius 2 is 2.17 bits per heavy atom. The number of aromatic nitrogens is 1. The number of halogens is 2. The minimum atomic E-state index is 0.287. The zero-order valence-corrected chi connectivity index (χ0v) is 11.9. The van der Waals surface area contributed by atoms with E-state index in [2.05, 4.69) is 4.98 Å². The van der Waals surface area contributed by atoms with Crippen LogP contribution in [0.2, 0.25) is 10.0 Å². The van der Waals surface area contributed by atoms with E-state index in [0.717, 1.165) is 30.5 Å². The van der Waals surface area contributed by atoms with E-state index < -0.39 is 0 Å². The molecule has 0 radical (unpaired) electrons. The smallest absolute Gasteiger partial charge is 0.180 e. The minimum Gasteiger partial charge on any atom is -0.375 e. The molecule has 0 saturated carbocycles. The average Bonchev–Trinajstić information content (AvgIpc) is 2.73. The molecule has 0 bridgehead atoms. The highest BCUT2D eigenvalue weighted by Gasteiger charge is 2.27. The fourth-order valence-electron chi connectivity index (χ4n) is 2.52. The van der Waals surface area contributed by atoms with Gasteiger partial charge in [-0.2, -0.15) is 0 Å². The maximum atomic E-state index is 6.32. The number of anilines is 1. The van der Waals surface area contributed by atoms with Crippen LogP contribution in [-0.2, 0) is 6.42 Å². The van der Waals surface area contributed by atoms with Crippen molar-refractivity contribution in [3.63, 3.8) is 0 Å². The summed E-state index contributed by atoms with van der Waals surface area (Å²) in [5, 5.41) is 1.91. The molecule has 1 aliphatic rings. The van der Waals surface area contributed by atoms with Crippen LogP contribution in [0.3, 0.4) is 0 Å². The maximum Gasteiger partial charge on any atom is 0.180 e. The Morgan fingerprint density at radius 1 is 1.33 bits per heavy atom. The number of fused-ring (bicyclic) bond motifs is 1. The van der Waals surface area contributed by atoms with Crippen LogP contribution in [-0.4, -0.2) is 4.98 Å².